The first-order chi connectivity index (χ1) is 6.81. The highest BCUT2D eigenvalue weighted by atomic mass is 16.5. The van der Waals surface area contributed by atoms with Crippen LogP contribution >= 0.6 is 0 Å². The van der Waals surface area contributed by atoms with Gasteiger partial charge in [-0.05, 0) is 30.2 Å². The van der Waals surface area contributed by atoms with E-state index in [0.29, 0.717) is 0 Å². The topological polar surface area (TPSA) is 18.5 Å². The Morgan fingerprint density at radius 3 is 2.50 bits per heavy atom. The van der Waals surface area contributed by atoms with E-state index in [1.807, 2.05) is 24.3 Å². The predicted octanol–water partition coefficient (Wildman–Crippen LogP) is 2.71. The molecule has 2 heteroatoms. The van der Waals surface area contributed by atoms with Crippen LogP contribution in [-0.4, -0.2) is 13.7 Å². The van der Waals surface area contributed by atoms with Gasteiger partial charge in [-0.15, -0.1) is 0 Å². The second kappa shape index (κ2) is 3.84. The molecule has 1 unspecified atom stereocenters. The average Bonchev–Trinajstić information content (AvgIpc) is 2.65. The summed E-state index contributed by atoms with van der Waals surface area (Å²) in [5.74, 6) is 0.883. The Balaban J connectivity index is 2.21. The van der Waals surface area contributed by atoms with Crippen LogP contribution < -0.4 is 4.74 Å². The molecule has 0 radical (unpaired) electrons. The minimum atomic E-state index is 0.140. The molecule has 2 nitrogen and oxygen atoms in total. The van der Waals surface area contributed by atoms with Crippen molar-refractivity contribution in [3.63, 3.8) is 0 Å². The molecular weight excluding hydrogens is 176 g/mol. The molecule has 0 saturated carbocycles. The van der Waals surface area contributed by atoms with E-state index >= 15 is 0 Å². The average molecular weight is 190 g/mol. The van der Waals surface area contributed by atoms with Crippen molar-refractivity contribution in [3.05, 3.63) is 41.5 Å². The zero-order chi connectivity index (χ0) is 9.97. The number of hydrogen-bond acceptors (Lipinski definition) is 2. The van der Waals surface area contributed by atoms with Gasteiger partial charge in [-0.25, -0.2) is 0 Å². The first kappa shape index (κ1) is 9.28. The van der Waals surface area contributed by atoms with Crippen LogP contribution in [0.25, 0.3) is 0 Å². The van der Waals surface area contributed by atoms with Crippen LogP contribution in [0.5, 0.6) is 5.75 Å². The van der Waals surface area contributed by atoms with E-state index < -0.39 is 0 Å². The highest BCUT2D eigenvalue weighted by molar-refractivity contribution is 5.33. The Labute approximate surface area is 84.2 Å². The maximum atomic E-state index is 5.59. The number of ether oxygens (including phenoxy) is 2. The van der Waals surface area contributed by atoms with Gasteiger partial charge in [0.25, 0.3) is 0 Å². The summed E-state index contributed by atoms with van der Waals surface area (Å²) < 4.78 is 10.7. The lowest BCUT2D eigenvalue weighted by atomic mass is 10.0. The van der Waals surface area contributed by atoms with Gasteiger partial charge >= 0.3 is 0 Å². The molecule has 1 heterocycles. The monoisotopic (exact) mass is 190 g/mol. The highest BCUT2D eigenvalue weighted by Gasteiger charge is 2.17. The fourth-order valence-electron chi connectivity index (χ4n) is 1.65. The zero-order valence-corrected chi connectivity index (χ0v) is 8.49. The number of methoxy groups -OCH3 is 1. The minimum Gasteiger partial charge on any atom is -0.497 e. The van der Waals surface area contributed by atoms with Gasteiger partial charge in [0, 0.05) is 0 Å². The lowest BCUT2D eigenvalue weighted by molar-refractivity contribution is 0.123. The third-order valence-electron chi connectivity index (χ3n) is 2.50. The van der Waals surface area contributed by atoms with Crippen LogP contribution in [0.4, 0.5) is 0 Å². The largest absolute Gasteiger partial charge is 0.497 e. The summed E-state index contributed by atoms with van der Waals surface area (Å²) in [6, 6.07) is 8.02. The Bertz CT molecular complexity index is 338. The van der Waals surface area contributed by atoms with E-state index in [2.05, 4.69) is 13.0 Å². The molecule has 0 bridgehead atoms. The Morgan fingerprint density at radius 1 is 1.29 bits per heavy atom. The van der Waals surface area contributed by atoms with E-state index in [4.69, 9.17) is 9.47 Å². The van der Waals surface area contributed by atoms with Gasteiger partial charge in [0.2, 0.25) is 0 Å². The number of hydrogen-bond donors (Lipinski definition) is 0. The van der Waals surface area contributed by atoms with Gasteiger partial charge in [-0.2, -0.15) is 0 Å². The molecule has 0 aromatic heterocycles. The first-order valence-electron chi connectivity index (χ1n) is 4.73. The fourth-order valence-corrected chi connectivity index (χ4v) is 1.65. The van der Waals surface area contributed by atoms with Crippen molar-refractivity contribution >= 4 is 0 Å². The molecule has 0 spiro atoms. The van der Waals surface area contributed by atoms with Crippen molar-refractivity contribution in [3.8, 4) is 5.75 Å². The molecule has 1 aliphatic heterocycles. The van der Waals surface area contributed by atoms with Crippen LogP contribution in [-0.2, 0) is 4.74 Å². The Kier molecular flexibility index (Phi) is 2.55. The number of rotatable bonds is 2. The third-order valence-corrected chi connectivity index (χ3v) is 2.50. The van der Waals surface area contributed by atoms with E-state index in [1.165, 1.54) is 11.1 Å². The van der Waals surface area contributed by atoms with Crippen LogP contribution in [0, 0.1) is 0 Å². The van der Waals surface area contributed by atoms with Crippen molar-refractivity contribution in [1.82, 2.24) is 0 Å². The summed E-state index contributed by atoms with van der Waals surface area (Å²) in [4.78, 5) is 0. The quantitative estimate of drug-likeness (QED) is 0.667. The van der Waals surface area contributed by atoms with Crippen molar-refractivity contribution in [2.45, 2.75) is 13.0 Å². The molecule has 1 aromatic rings. The van der Waals surface area contributed by atoms with Gasteiger partial charge in [0.15, 0.2) is 0 Å². The first-order valence-corrected chi connectivity index (χ1v) is 4.73. The molecule has 1 atom stereocenters. The lowest BCUT2D eigenvalue weighted by Crippen LogP contribution is -1.98. The second-order valence-corrected chi connectivity index (χ2v) is 3.43. The molecule has 2 rings (SSSR count). The SMILES string of the molecule is COc1ccc(C2OCC=C2C)cc1. The highest BCUT2D eigenvalue weighted by Crippen LogP contribution is 2.30. The van der Waals surface area contributed by atoms with Gasteiger partial charge in [-0.3, -0.25) is 0 Å². The zero-order valence-electron chi connectivity index (χ0n) is 8.49. The van der Waals surface area contributed by atoms with E-state index in [1.54, 1.807) is 7.11 Å². The molecule has 1 aromatic carbocycles. The minimum absolute atomic E-state index is 0.140. The van der Waals surface area contributed by atoms with Crippen LogP contribution in [0.2, 0.25) is 0 Å². The van der Waals surface area contributed by atoms with E-state index in [0.717, 1.165) is 12.4 Å². The normalized spacial score (nSPS) is 20.7. The maximum Gasteiger partial charge on any atom is 0.118 e. The predicted molar refractivity (Wildman–Crippen MR) is 55.4 cm³/mol. The molecule has 14 heavy (non-hydrogen) atoms. The Hall–Kier alpha value is -1.28. The van der Waals surface area contributed by atoms with Gasteiger partial charge in [0.1, 0.15) is 11.9 Å². The molecule has 0 amide bonds. The van der Waals surface area contributed by atoms with Gasteiger partial charge in [-0.1, -0.05) is 18.2 Å². The molecule has 0 N–H and O–H groups in total. The van der Waals surface area contributed by atoms with Crippen molar-refractivity contribution in [2.75, 3.05) is 13.7 Å². The van der Waals surface area contributed by atoms with Crippen molar-refractivity contribution in [2.24, 2.45) is 0 Å². The van der Waals surface area contributed by atoms with Crippen molar-refractivity contribution < 1.29 is 9.47 Å². The molecular formula is C12H14O2. The van der Waals surface area contributed by atoms with Crippen LogP contribution in [0.15, 0.2) is 35.9 Å². The second-order valence-electron chi connectivity index (χ2n) is 3.43. The summed E-state index contributed by atoms with van der Waals surface area (Å²) >= 11 is 0. The van der Waals surface area contributed by atoms with Crippen molar-refractivity contribution in [1.29, 1.82) is 0 Å². The van der Waals surface area contributed by atoms with Gasteiger partial charge < -0.3 is 9.47 Å². The molecule has 0 aliphatic carbocycles. The van der Waals surface area contributed by atoms with Crippen LogP contribution in [0.1, 0.15) is 18.6 Å². The van der Waals surface area contributed by atoms with Crippen LogP contribution in [0.3, 0.4) is 0 Å². The number of benzene rings is 1. The molecule has 74 valence electrons. The Morgan fingerprint density at radius 2 is 2.00 bits per heavy atom. The molecule has 1 aliphatic rings. The summed E-state index contributed by atoms with van der Waals surface area (Å²) in [6.45, 7) is 2.82. The molecule has 0 saturated heterocycles. The maximum absolute atomic E-state index is 5.59. The summed E-state index contributed by atoms with van der Waals surface area (Å²) in [5.41, 5.74) is 2.48. The smallest absolute Gasteiger partial charge is 0.118 e. The van der Waals surface area contributed by atoms with Gasteiger partial charge in [0.05, 0.1) is 13.7 Å². The summed E-state index contributed by atoms with van der Waals surface area (Å²) in [6.07, 6.45) is 2.26. The standard InChI is InChI=1S/C12H14O2/c1-9-7-8-14-12(9)10-3-5-11(13-2)6-4-10/h3-7,12H,8H2,1-2H3. The van der Waals surface area contributed by atoms with E-state index in [9.17, 15) is 0 Å². The molecule has 0 fully saturated rings. The lowest BCUT2D eigenvalue weighted by Gasteiger charge is -2.12. The summed E-state index contributed by atoms with van der Waals surface area (Å²) in [5, 5.41) is 0. The van der Waals surface area contributed by atoms with E-state index in [-0.39, 0.29) is 6.10 Å². The third kappa shape index (κ3) is 1.66. The summed E-state index contributed by atoms with van der Waals surface area (Å²) in [7, 11) is 1.67. The fraction of sp³-hybridized carbons (Fsp3) is 0.333.